The van der Waals surface area contributed by atoms with Crippen molar-refractivity contribution in [1.82, 2.24) is 5.32 Å². The number of nitrogens with one attached hydrogen (secondary N) is 1. The zero-order valence-corrected chi connectivity index (χ0v) is 13.6. The average Bonchev–Trinajstić information content (AvgIpc) is 2.47. The molecule has 1 rings (SSSR count). The molecule has 0 spiro atoms. The first-order chi connectivity index (χ1) is 9.62. The van der Waals surface area contributed by atoms with E-state index in [1.807, 2.05) is 12.1 Å². The predicted octanol–water partition coefficient (Wildman–Crippen LogP) is 2.51. The third-order valence-electron chi connectivity index (χ3n) is 2.83. The van der Waals surface area contributed by atoms with Gasteiger partial charge in [0.25, 0.3) is 0 Å². The van der Waals surface area contributed by atoms with Crippen molar-refractivity contribution in [2.45, 2.75) is 19.4 Å². The van der Waals surface area contributed by atoms with Crippen LogP contribution in [0.4, 0.5) is 0 Å². The molecule has 0 aromatic heterocycles. The van der Waals surface area contributed by atoms with E-state index in [2.05, 4.69) is 26.0 Å². The Balaban J connectivity index is 2.49. The van der Waals surface area contributed by atoms with Gasteiger partial charge in [-0.05, 0) is 30.7 Å². The molecule has 0 amide bonds. The lowest BCUT2D eigenvalue weighted by atomic mass is 10.2. The van der Waals surface area contributed by atoms with Gasteiger partial charge in [0.05, 0.1) is 21.3 Å². The Morgan fingerprint density at radius 3 is 2.45 bits per heavy atom. The van der Waals surface area contributed by atoms with Crippen molar-refractivity contribution in [3.05, 3.63) is 22.2 Å². The summed E-state index contributed by atoms with van der Waals surface area (Å²) >= 11 is 3.51. The Labute approximate surface area is 127 Å². The fourth-order valence-corrected chi connectivity index (χ4v) is 2.18. The fourth-order valence-electron chi connectivity index (χ4n) is 1.71. The number of methoxy groups -OCH3 is 3. The van der Waals surface area contributed by atoms with Gasteiger partial charge in [0, 0.05) is 17.4 Å². The number of ether oxygens (including phenoxy) is 3. The molecule has 1 N–H and O–H groups in total. The molecule has 0 aliphatic heterocycles. The number of halogens is 1. The SMILES string of the molecule is COC(=O)CCCNCc1cc(OC)c(OC)cc1Br. The van der Waals surface area contributed by atoms with E-state index in [1.54, 1.807) is 14.2 Å². The van der Waals surface area contributed by atoms with Gasteiger partial charge in [-0.15, -0.1) is 0 Å². The summed E-state index contributed by atoms with van der Waals surface area (Å²) in [5.74, 6) is 1.20. The first kappa shape index (κ1) is 16.8. The van der Waals surface area contributed by atoms with Crippen LogP contribution in [0.15, 0.2) is 16.6 Å². The quantitative estimate of drug-likeness (QED) is 0.579. The first-order valence-electron chi connectivity index (χ1n) is 6.30. The molecule has 0 radical (unpaired) electrons. The molecule has 0 saturated carbocycles. The number of carbonyl (C=O) groups excluding carboxylic acids is 1. The van der Waals surface area contributed by atoms with Gasteiger partial charge in [-0.25, -0.2) is 0 Å². The van der Waals surface area contributed by atoms with Crippen LogP contribution in [0, 0.1) is 0 Å². The summed E-state index contributed by atoms with van der Waals surface area (Å²) in [6, 6.07) is 3.81. The van der Waals surface area contributed by atoms with E-state index in [1.165, 1.54) is 7.11 Å². The van der Waals surface area contributed by atoms with Gasteiger partial charge >= 0.3 is 5.97 Å². The maximum Gasteiger partial charge on any atom is 0.305 e. The molecule has 6 heteroatoms. The molecular weight excluding hydrogens is 326 g/mol. The van der Waals surface area contributed by atoms with E-state index >= 15 is 0 Å². The van der Waals surface area contributed by atoms with Crippen LogP contribution in [0.5, 0.6) is 11.5 Å². The minimum atomic E-state index is -0.181. The number of hydrogen-bond acceptors (Lipinski definition) is 5. The van der Waals surface area contributed by atoms with E-state index in [-0.39, 0.29) is 5.97 Å². The van der Waals surface area contributed by atoms with Crippen LogP contribution in [0.1, 0.15) is 18.4 Å². The Kier molecular flexibility index (Phi) is 7.40. The number of carbonyl (C=O) groups is 1. The highest BCUT2D eigenvalue weighted by Crippen LogP contribution is 2.33. The minimum absolute atomic E-state index is 0.181. The van der Waals surface area contributed by atoms with Crippen LogP contribution in [-0.4, -0.2) is 33.8 Å². The van der Waals surface area contributed by atoms with Crippen LogP contribution < -0.4 is 14.8 Å². The van der Waals surface area contributed by atoms with E-state index in [0.29, 0.717) is 24.5 Å². The molecule has 20 heavy (non-hydrogen) atoms. The third-order valence-corrected chi connectivity index (χ3v) is 3.57. The number of hydrogen-bond donors (Lipinski definition) is 1. The van der Waals surface area contributed by atoms with Crippen LogP contribution >= 0.6 is 15.9 Å². The van der Waals surface area contributed by atoms with E-state index < -0.39 is 0 Å². The van der Waals surface area contributed by atoms with Crippen molar-refractivity contribution in [3.8, 4) is 11.5 Å². The number of esters is 1. The molecule has 112 valence electrons. The Morgan fingerprint density at radius 1 is 1.20 bits per heavy atom. The van der Waals surface area contributed by atoms with Crippen LogP contribution in [0.2, 0.25) is 0 Å². The molecule has 5 nitrogen and oxygen atoms in total. The van der Waals surface area contributed by atoms with Gasteiger partial charge in [-0.2, -0.15) is 0 Å². The summed E-state index contributed by atoms with van der Waals surface area (Å²) in [5.41, 5.74) is 1.07. The second-order valence-corrected chi connectivity index (χ2v) is 5.01. The van der Waals surface area contributed by atoms with Gasteiger partial charge in [0.1, 0.15) is 0 Å². The molecule has 0 atom stereocenters. The van der Waals surface area contributed by atoms with E-state index in [4.69, 9.17) is 9.47 Å². The maximum atomic E-state index is 11.0. The average molecular weight is 346 g/mol. The monoisotopic (exact) mass is 345 g/mol. The highest BCUT2D eigenvalue weighted by Gasteiger charge is 2.09. The summed E-state index contributed by atoms with van der Waals surface area (Å²) in [7, 11) is 4.62. The Hall–Kier alpha value is -1.27. The molecule has 0 fully saturated rings. The molecule has 0 aliphatic rings. The maximum absolute atomic E-state index is 11.0. The van der Waals surface area contributed by atoms with Crippen molar-refractivity contribution in [2.24, 2.45) is 0 Å². The van der Waals surface area contributed by atoms with Crippen molar-refractivity contribution < 1.29 is 19.0 Å². The van der Waals surface area contributed by atoms with E-state index in [0.717, 1.165) is 23.0 Å². The summed E-state index contributed by atoms with van der Waals surface area (Å²) in [4.78, 5) is 11.0. The van der Waals surface area contributed by atoms with Crippen LogP contribution in [-0.2, 0) is 16.1 Å². The van der Waals surface area contributed by atoms with Gasteiger partial charge in [-0.3, -0.25) is 4.79 Å². The standard InChI is InChI=1S/C14H20BrNO4/c1-18-12-7-10(11(15)8-13(12)19-2)9-16-6-4-5-14(17)20-3/h7-8,16H,4-6,9H2,1-3H3. The molecule has 0 aliphatic carbocycles. The normalized spacial score (nSPS) is 10.2. The highest BCUT2D eigenvalue weighted by atomic mass is 79.9. The minimum Gasteiger partial charge on any atom is -0.493 e. The smallest absolute Gasteiger partial charge is 0.305 e. The highest BCUT2D eigenvalue weighted by molar-refractivity contribution is 9.10. The zero-order valence-electron chi connectivity index (χ0n) is 12.0. The summed E-state index contributed by atoms with van der Waals surface area (Å²) in [6.07, 6.45) is 1.17. The van der Waals surface area contributed by atoms with E-state index in [9.17, 15) is 4.79 Å². The Morgan fingerprint density at radius 2 is 1.85 bits per heavy atom. The summed E-state index contributed by atoms with van der Waals surface area (Å²) in [6.45, 7) is 1.43. The summed E-state index contributed by atoms with van der Waals surface area (Å²) < 4.78 is 16.0. The molecule has 0 bridgehead atoms. The molecular formula is C14H20BrNO4. The van der Waals surface area contributed by atoms with Crippen LogP contribution in [0.25, 0.3) is 0 Å². The zero-order chi connectivity index (χ0) is 15.0. The number of benzene rings is 1. The molecule has 1 aromatic rings. The number of rotatable bonds is 8. The van der Waals surface area contributed by atoms with Crippen molar-refractivity contribution >= 4 is 21.9 Å². The largest absolute Gasteiger partial charge is 0.493 e. The first-order valence-corrected chi connectivity index (χ1v) is 7.09. The van der Waals surface area contributed by atoms with Gasteiger partial charge in [-0.1, -0.05) is 15.9 Å². The summed E-state index contributed by atoms with van der Waals surface area (Å²) in [5, 5.41) is 3.28. The van der Waals surface area contributed by atoms with Crippen molar-refractivity contribution in [2.75, 3.05) is 27.9 Å². The van der Waals surface area contributed by atoms with Crippen molar-refractivity contribution in [3.63, 3.8) is 0 Å². The van der Waals surface area contributed by atoms with Gasteiger partial charge in [0.15, 0.2) is 11.5 Å². The molecule has 0 unspecified atom stereocenters. The van der Waals surface area contributed by atoms with Crippen LogP contribution in [0.3, 0.4) is 0 Å². The molecule has 0 heterocycles. The Bertz CT molecular complexity index is 451. The lowest BCUT2D eigenvalue weighted by molar-refractivity contribution is -0.140. The molecule has 1 aromatic carbocycles. The molecule has 0 saturated heterocycles. The van der Waals surface area contributed by atoms with Crippen molar-refractivity contribution in [1.29, 1.82) is 0 Å². The second-order valence-electron chi connectivity index (χ2n) is 4.16. The fraction of sp³-hybridized carbons (Fsp3) is 0.500. The predicted molar refractivity (Wildman–Crippen MR) is 80.2 cm³/mol. The third kappa shape index (κ3) is 5.02. The topological polar surface area (TPSA) is 56.8 Å². The lowest BCUT2D eigenvalue weighted by Crippen LogP contribution is -2.16. The van der Waals surface area contributed by atoms with Gasteiger partial charge < -0.3 is 19.5 Å². The van der Waals surface area contributed by atoms with Gasteiger partial charge in [0.2, 0.25) is 0 Å². The lowest BCUT2D eigenvalue weighted by Gasteiger charge is -2.12. The second kappa shape index (κ2) is 8.81.